The molecule has 1 aliphatic rings. The van der Waals surface area contributed by atoms with Crippen LogP contribution >= 0.6 is 0 Å². The molecule has 152 valence electrons. The van der Waals surface area contributed by atoms with Gasteiger partial charge in [0, 0.05) is 62.5 Å². The molecule has 5 heterocycles. The van der Waals surface area contributed by atoms with Gasteiger partial charge in [0.25, 0.3) is 0 Å². The number of nitrogens with zero attached hydrogens (tertiary/aromatic N) is 6. The van der Waals surface area contributed by atoms with Crippen molar-refractivity contribution in [1.82, 2.24) is 24.3 Å². The molecular weight excluding hydrogens is 372 g/mol. The summed E-state index contributed by atoms with van der Waals surface area (Å²) in [7, 11) is 0. The summed E-state index contributed by atoms with van der Waals surface area (Å²) in [5.41, 5.74) is 5.39. The van der Waals surface area contributed by atoms with E-state index >= 15 is 0 Å². The monoisotopic (exact) mass is 398 g/mol. The first-order chi connectivity index (χ1) is 14.7. The average molecular weight is 399 g/mol. The molecule has 1 aliphatic heterocycles. The van der Waals surface area contributed by atoms with Crippen LogP contribution in [0, 0.1) is 6.92 Å². The highest BCUT2D eigenvalue weighted by atomic mass is 15.2. The maximum Gasteiger partial charge on any atom is 0.136 e. The Morgan fingerprint density at radius 3 is 2.60 bits per heavy atom. The van der Waals surface area contributed by atoms with Gasteiger partial charge in [-0.1, -0.05) is 6.07 Å². The van der Waals surface area contributed by atoms with Crippen LogP contribution in [0.1, 0.15) is 47.6 Å². The molecule has 0 unspecified atom stereocenters. The van der Waals surface area contributed by atoms with E-state index in [-0.39, 0.29) is 0 Å². The number of imidazole rings is 1. The van der Waals surface area contributed by atoms with Crippen LogP contribution in [0.5, 0.6) is 0 Å². The summed E-state index contributed by atoms with van der Waals surface area (Å²) >= 11 is 0. The fourth-order valence-electron chi connectivity index (χ4n) is 4.05. The number of aryl methyl sites for hydroxylation is 1. The minimum Gasteiger partial charge on any atom is -0.357 e. The fourth-order valence-corrected chi connectivity index (χ4v) is 4.05. The summed E-state index contributed by atoms with van der Waals surface area (Å²) in [6, 6.07) is 10.6. The van der Waals surface area contributed by atoms with Crippen LogP contribution in [0.15, 0.2) is 55.1 Å². The van der Waals surface area contributed by atoms with E-state index in [0.29, 0.717) is 6.42 Å². The fraction of sp³-hybridized carbons (Fsp3) is 0.333. The van der Waals surface area contributed by atoms with Crippen molar-refractivity contribution >= 4 is 11.5 Å². The van der Waals surface area contributed by atoms with Gasteiger partial charge < -0.3 is 9.30 Å². The maximum atomic E-state index is 4.93. The Hall–Kier alpha value is -3.28. The third-order valence-electron chi connectivity index (χ3n) is 5.67. The third kappa shape index (κ3) is 4.17. The Balaban J connectivity index is 1.46. The molecule has 0 aromatic carbocycles. The minimum absolute atomic E-state index is 0.696. The Labute approximate surface area is 176 Å². The normalized spacial score (nSPS) is 14.4. The number of rotatable bonds is 5. The van der Waals surface area contributed by atoms with E-state index in [9.17, 15) is 0 Å². The van der Waals surface area contributed by atoms with Gasteiger partial charge >= 0.3 is 0 Å². The molecule has 6 heteroatoms. The summed E-state index contributed by atoms with van der Waals surface area (Å²) in [5, 5.41) is 0. The summed E-state index contributed by atoms with van der Waals surface area (Å²) < 4.78 is 2.03. The molecule has 1 fully saturated rings. The average Bonchev–Trinajstić information content (AvgIpc) is 3.24. The van der Waals surface area contributed by atoms with E-state index < -0.39 is 0 Å². The molecule has 4 aromatic heterocycles. The zero-order valence-corrected chi connectivity index (χ0v) is 17.3. The van der Waals surface area contributed by atoms with Crippen molar-refractivity contribution in [1.29, 1.82) is 0 Å². The van der Waals surface area contributed by atoms with Gasteiger partial charge in [0.05, 0.1) is 5.69 Å². The van der Waals surface area contributed by atoms with Crippen molar-refractivity contribution < 1.29 is 0 Å². The number of hydrogen-bond donors (Lipinski definition) is 0. The van der Waals surface area contributed by atoms with Gasteiger partial charge in [-0.05, 0) is 55.5 Å². The van der Waals surface area contributed by atoms with Gasteiger partial charge in [0.15, 0.2) is 0 Å². The van der Waals surface area contributed by atoms with Gasteiger partial charge in [-0.25, -0.2) is 15.0 Å². The summed E-state index contributed by atoms with van der Waals surface area (Å²) in [6.07, 6.45) is 13.0. The van der Waals surface area contributed by atoms with Crippen LogP contribution in [0.3, 0.4) is 0 Å². The number of hydrogen-bond acceptors (Lipinski definition) is 5. The lowest BCUT2D eigenvalue weighted by Gasteiger charge is -2.28. The Kier molecular flexibility index (Phi) is 5.13. The highest BCUT2D eigenvalue weighted by molar-refractivity contribution is 5.45. The Morgan fingerprint density at radius 2 is 1.77 bits per heavy atom. The van der Waals surface area contributed by atoms with Crippen molar-refractivity contribution in [2.45, 2.75) is 39.0 Å². The molecule has 30 heavy (non-hydrogen) atoms. The van der Waals surface area contributed by atoms with Gasteiger partial charge in [-0.15, -0.1) is 0 Å². The van der Waals surface area contributed by atoms with Crippen molar-refractivity contribution in [3.05, 3.63) is 83.5 Å². The van der Waals surface area contributed by atoms with Crippen LogP contribution < -0.4 is 4.90 Å². The second-order valence-electron chi connectivity index (χ2n) is 8.07. The first kappa shape index (κ1) is 18.7. The topological polar surface area (TPSA) is 59.2 Å². The van der Waals surface area contributed by atoms with E-state index in [1.165, 1.54) is 24.8 Å². The van der Waals surface area contributed by atoms with Gasteiger partial charge in [0.2, 0.25) is 0 Å². The molecule has 0 N–H and O–H groups in total. The molecule has 0 atom stereocenters. The highest BCUT2D eigenvalue weighted by Gasteiger charge is 2.15. The van der Waals surface area contributed by atoms with Crippen molar-refractivity contribution in [2.24, 2.45) is 0 Å². The number of anilines is 1. The van der Waals surface area contributed by atoms with Gasteiger partial charge in [-0.2, -0.15) is 0 Å². The summed E-state index contributed by atoms with van der Waals surface area (Å²) in [6.45, 7) is 4.15. The van der Waals surface area contributed by atoms with E-state index in [1.807, 2.05) is 36.0 Å². The largest absolute Gasteiger partial charge is 0.357 e. The van der Waals surface area contributed by atoms with Crippen LogP contribution in [0.2, 0.25) is 0 Å². The van der Waals surface area contributed by atoms with Crippen molar-refractivity contribution in [3.63, 3.8) is 0 Å². The standard InChI is InChI=1S/C24H26N6/c1-18-5-6-20(17-26-18)14-22-27-21(16-24(28-22)29-9-3-2-4-10-29)13-19-7-11-30-12-8-25-23(30)15-19/h5-8,11-12,15-17H,2-4,9-10,13-14H2,1H3. The molecule has 6 nitrogen and oxygen atoms in total. The first-order valence-electron chi connectivity index (χ1n) is 10.7. The molecule has 0 saturated carbocycles. The first-order valence-corrected chi connectivity index (χ1v) is 10.7. The zero-order chi connectivity index (χ0) is 20.3. The van der Waals surface area contributed by atoms with Gasteiger partial charge in [-0.3, -0.25) is 4.98 Å². The number of fused-ring (bicyclic) bond motifs is 1. The predicted molar refractivity (Wildman–Crippen MR) is 118 cm³/mol. The Bertz CT molecular complexity index is 1140. The number of aromatic nitrogens is 5. The lowest BCUT2D eigenvalue weighted by atomic mass is 10.1. The molecule has 0 amide bonds. The highest BCUT2D eigenvalue weighted by Crippen LogP contribution is 2.21. The minimum atomic E-state index is 0.696. The van der Waals surface area contributed by atoms with Crippen LogP contribution in [-0.2, 0) is 12.8 Å². The SMILES string of the molecule is Cc1ccc(Cc2nc(Cc3ccn4ccnc4c3)cc(N3CCCCC3)n2)cn1. The second kappa shape index (κ2) is 8.22. The second-order valence-corrected chi connectivity index (χ2v) is 8.07. The maximum absolute atomic E-state index is 4.93. The van der Waals surface area contributed by atoms with E-state index in [4.69, 9.17) is 9.97 Å². The third-order valence-corrected chi connectivity index (χ3v) is 5.67. The van der Waals surface area contributed by atoms with Crippen molar-refractivity contribution in [2.75, 3.05) is 18.0 Å². The molecular formula is C24H26N6. The molecule has 0 spiro atoms. The zero-order valence-electron chi connectivity index (χ0n) is 17.3. The van der Waals surface area contributed by atoms with Crippen LogP contribution in [-0.4, -0.2) is 37.4 Å². The van der Waals surface area contributed by atoms with Gasteiger partial charge in [0.1, 0.15) is 17.3 Å². The van der Waals surface area contributed by atoms with E-state index in [0.717, 1.165) is 53.8 Å². The van der Waals surface area contributed by atoms with Crippen molar-refractivity contribution in [3.8, 4) is 0 Å². The molecule has 5 rings (SSSR count). The number of pyridine rings is 2. The quantitative estimate of drug-likeness (QED) is 0.509. The Morgan fingerprint density at radius 1 is 0.867 bits per heavy atom. The molecule has 1 saturated heterocycles. The van der Waals surface area contributed by atoms with Crippen LogP contribution in [0.25, 0.3) is 5.65 Å². The molecule has 4 aromatic rings. The molecule has 0 aliphatic carbocycles. The van der Waals surface area contributed by atoms with Crippen LogP contribution in [0.4, 0.5) is 5.82 Å². The smallest absolute Gasteiger partial charge is 0.136 e. The summed E-state index contributed by atoms with van der Waals surface area (Å²) in [4.78, 5) is 21.1. The van der Waals surface area contributed by atoms with E-state index in [2.05, 4.69) is 45.3 Å². The lowest BCUT2D eigenvalue weighted by Crippen LogP contribution is -2.30. The van der Waals surface area contributed by atoms with E-state index in [1.54, 1.807) is 0 Å². The number of piperidine rings is 1. The summed E-state index contributed by atoms with van der Waals surface area (Å²) in [5.74, 6) is 1.91. The predicted octanol–water partition coefficient (Wildman–Crippen LogP) is 4.00. The molecule has 0 radical (unpaired) electrons. The lowest BCUT2D eigenvalue weighted by molar-refractivity contribution is 0.571. The molecule has 0 bridgehead atoms.